The lowest BCUT2D eigenvalue weighted by molar-refractivity contribution is -0.123. The normalized spacial score (nSPS) is 20.8. The summed E-state index contributed by atoms with van der Waals surface area (Å²) in [5.74, 6) is 0.779. The molecule has 0 bridgehead atoms. The van der Waals surface area contributed by atoms with Gasteiger partial charge < -0.3 is 15.0 Å². The second-order valence-electron chi connectivity index (χ2n) is 8.73. The van der Waals surface area contributed by atoms with Crippen molar-refractivity contribution in [2.75, 3.05) is 32.1 Å². The molecule has 2 saturated heterocycles. The number of carbonyl (C=O) groups excluding carboxylic acids is 1. The van der Waals surface area contributed by atoms with Crippen molar-refractivity contribution in [3.8, 4) is 5.75 Å². The number of ether oxygens (including phenoxy) is 1. The number of carbonyl (C=O) groups is 1. The third-order valence-corrected chi connectivity index (χ3v) is 6.90. The molecule has 2 fully saturated rings. The summed E-state index contributed by atoms with van der Waals surface area (Å²) >= 11 is 6.12. The van der Waals surface area contributed by atoms with Crippen LogP contribution in [0.5, 0.6) is 5.75 Å². The van der Waals surface area contributed by atoms with E-state index in [0.717, 1.165) is 48.9 Å². The number of methoxy groups -OCH3 is 1. The number of nitrogens with zero attached hydrogens (tertiary/aromatic N) is 2. The Hall–Kier alpha value is -2.24. The number of anilines is 1. The summed E-state index contributed by atoms with van der Waals surface area (Å²) in [4.78, 5) is 17.3. The van der Waals surface area contributed by atoms with Gasteiger partial charge in [0.05, 0.1) is 7.11 Å². The summed E-state index contributed by atoms with van der Waals surface area (Å²) in [6, 6.07) is 16.6. The van der Waals surface area contributed by atoms with Gasteiger partial charge in [0, 0.05) is 47.8 Å². The van der Waals surface area contributed by atoms with Gasteiger partial charge in [-0.25, -0.2) is 4.79 Å². The second-order valence-corrected chi connectivity index (χ2v) is 9.16. The van der Waals surface area contributed by atoms with Crippen LogP contribution in [-0.4, -0.2) is 48.6 Å². The number of benzene rings is 2. The van der Waals surface area contributed by atoms with Crippen LogP contribution in [0.2, 0.25) is 5.02 Å². The van der Waals surface area contributed by atoms with Crippen molar-refractivity contribution < 1.29 is 9.53 Å². The molecule has 0 aliphatic carbocycles. The standard InChI is InChI=1S/C24H30ClN3O2/c1-17(2)28-16-24(22(28)18-4-6-19(25)7-5-18)12-14-27(15-13-24)23(29)26-20-8-10-21(30-3)11-9-20/h4-11,17,22H,12-16H2,1-3H3,(H,26,29). The molecule has 2 aromatic carbocycles. The predicted molar refractivity (Wildman–Crippen MR) is 121 cm³/mol. The smallest absolute Gasteiger partial charge is 0.321 e. The molecule has 1 spiro atoms. The van der Waals surface area contributed by atoms with Crippen molar-refractivity contribution >= 4 is 23.3 Å². The molecule has 4 rings (SSSR count). The van der Waals surface area contributed by atoms with Crippen molar-refractivity contribution in [1.82, 2.24) is 9.80 Å². The topological polar surface area (TPSA) is 44.8 Å². The molecule has 2 aliphatic heterocycles. The summed E-state index contributed by atoms with van der Waals surface area (Å²) in [6.45, 7) is 7.16. The summed E-state index contributed by atoms with van der Waals surface area (Å²) < 4.78 is 5.18. The van der Waals surface area contributed by atoms with E-state index in [2.05, 4.69) is 36.2 Å². The van der Waals surface area contributed by atoms with Crippen LogP contribution < -0.4 is 10.1 Å². The number of rotatable bonds is 4. The maximum absolute atomic E-state index is 12.8. The van der Waals surface area contributed by atoms with Gasteiger partial charge in [0.2, 0.25) is 0 Å². The SMILES string of the molecule is COc1ccc(NC(=O)N2CCC3(CC2)CN(C(C)C)C3c2ccc(Cl)cc2)cc1. The molecule has 2 aromatic rings. The van der Waals surface area contributed by atoms with Crippen molar-refractivity contribution in [2.45, 2.75) is 38.8 Å². The Morgan fingerprint density at radius 3 is 2.30 bits per heavy atom. The van der Waals surface area contributed by atoms with Crippen molar-refractivity contribution in [2.24, 2.45) is 5.41 Å². The Balaban J connectivity index is 1.41. The third-order valence-electron chi connectivity index (χ3n) is 6.65. The van der Waals surface area contributed by atoms with E-state index in [1.807, 2.05) is 41.3 Å². The lowest BCUT2D eigenvalue weighted by atomic mass is 9.62. The fourth-order valence-electron chi connectivity index (χ4n) is 4.92. The first kappa shape index (κ1) is 21.0. The first-order chi connectivity index (χ1) is 14.4. The average Bonchev–Trinajstić information content (AvgIpc) is 2.74. The summed E-state index contributed by atoms with van der Waals surface area (Å²) in [5.41, 5.74) is 2.35. The molecule has 1 unspecified atom stereocenters. The Labute approximate surface area is 184 Å². The molecule has 1 atom stereocenters. The third kappa shape index (κ3) is 4.01. The van der Waals surface area contributed by atoms with Gasteiger partial charge in [0.1, 0.15) is 5.75 Å². The number of likely N-dealkylation sites (tertiary alicyclic amines) is 2. The van der Waals surface area contributed by atoms with E-state index in [9.17, 15) is 4.79 Å². The molecule has 2 amide bonds. The quantitative estimate of drug-likeness (QED) is 0.707. The number of piperidine rings is 1. The zero-order valence-electron chi connectivity index (χ0n) is 17.9. The van der Waals surface area contributed by atoms with E-state index in [4.69, 9.17) is 16.3 Å². The van der Waals surface area contributed by atoms with Gasteiger partial charge in [-0.2, -0.15) is 0 Å². The maximum Gasteiger partial charge on any atom is 0.321 e. The van der Waals surface area contributed by atoms with E-state index in [1.165, 1.54) is 5.56 Å². The minimum Gasteiger partial charge on any atom is -0.497 e. The zero-order chi connectivity index (χ0) is 21.3. The van der Waals surface area contributed by atoms with Crippen LogP contribution in [0.15, 0.2) is 48.5 Å². The molecule has 5 nitrogen and oxygen atoms in total. The molecule has 0 aromatic heterocycles. The highest BCUT2D eigenvalue weighted by atomic mass is 35.5. The van der Waals surface area contributed by atoms with E-state index in [-0.39, 0.29) is 11.4 Å². The highest BCUT2D eigenvalue weighted by molar-refractivity contribution is 6.30. The number of amides is 2. The maximum atomic E-state index is 12.8. The van der Waals surface area contributed by atoms with Crippen LogP contribution in [0.1, 0.15) is 38.3 Å². The first-order valence-corrected chi connectivity index (χ1v) is 11.0. The molecule has 160 valence electrons. The first-order valence-electron chi connectivity index (χ1n) is 10.6. The molecule has 6 heteroatoms. The fraction of sp³-hybridized carbons (Fsp3) is 0.458. The molecule has 2 heterocycles. The molecular weight excluding hydrogens is 398 g/mol. The number of nitrogens with one attached hydrogen (secondary N) is 1. The van der Waals surface area contributed by atoms with Crippen LogP contribution >= 0.6 is 11.6 Å². The van der Waals surface area contributed by atoms with Crippen LogP contribution in [-0.2, 0) is 0 Å². The van der Waals surface area contributed by atoms with Crippen molar-refractivity contribution in [3.63, 3.8) is 0 Å². The monoisotopic (exact) mass is 427 g/mol. The minimum absolute atomic E-state index is 0.0295. The lowest BCUT2D eigenvalue weighted by Gasteiger charge is -2.62. The van der Waals surface area contributed by atoms with Gasteiger partial charge >= 0.3 is 6.03 Å². The van der Waals surface area contributed by atoms with E-state index in [1.54, 1.807) is 7.11 Å². The van der Waals surface area contributed by atoms with E-state index < -0.39 is 0 Å². The predicted octanol–water partition coefficient (Wildman–Crippen LogP) is 5.43. The van der Waals surface area contributed by atoms with E-state index >= 15 is 0 Å². The van der Waals surface area contributed by atoms with Gasteiger partial charge in [-0.3, -0.25) is 4.90 Å². The molecule has 1 N–H and O–H groups in total. The second kappa shape index (κ2) is 8.48. The molecule has 0 radical (unpaired) electrons. The summed E-state index contributed by atoms with van der Waals surface area (Å²) in [7, 11) is 1.63. The van der Waals surface area contributed by atoms with Gasteiger partial charge in [-0.05, 0) is 68.7 Å². The van der Waals surface area contributed by atoms with Crippen molar-refractivity contribution in [1.29, 1.82) is 0 Å². The van der Waals surface area contributed by atoms with Crippen LogP contribution in [0, 0.1) is 5.41 Å². The Morgan fingerprint density at radius 1 is 1.10 bits per heavy atom. The molecular formula is C24H30ClN3O2. The van der Waals surface area contributed by atoms with Crippen LogP contribution in [0.25, 0.3) is 0 Å². The van der Waals surface area contributed by atoms with Gasteiger partial charge in [-0.15, -0.1) is 0 Å². The molecule has 0 saturated carbocycles. The number of hydrogen-bond acceptors (Lipinski definition) is 3. The molecule has 2 aliphatic rings. The van der Waals surface area contributed by atoms with Gasteiger partial charge in [0.25, 0.3) is 0 Å². The highest BCUT2D eigenvalue weighted by Gasteiger charge is 2.54. The van der Waals surface area contributed by atoms with Gasteiger partial charge in [0.15, 0.2) is 0 Å². The number of halogens is 1. The fourth-order valence-corrected chi connectivity index (χ4v) is 5.04. The Morgan fingerprint density at radius 2 is 1.73 bits per heavy atom. The van der Waals surface area contributed by atoms with Crippen LogP contribution in [0.4, 0.5) is 10.5 Å². The zero-order valence-corrected chi connectivity index (χ0v) is 18.7. The van der Waals surface area contributed by atoms with Gasteiger partial charge in [-0.1, -0.05) is 23.7 Å². The summed E-state index contributed by atoms with van der Waals surface area (Å²) in [5, 5.41) is 3.78. The highest BCUT2D eigenvalue weighted by Crippen LogP contribution is 2.55. The summed E-state index contributed by atoms with van der Waals surface area (Å²) in [6.07, 6.45) is 2.03. The Bertz CT molecular complexity index is 874. The lowest BCUT2D eigenvalue weighted by Crippen LogP contribution is -2.64. The van der Waals surface area contributed by atoms with Crippen molar-refractivity contribution in [3.05, 3.63) is 59.1 Å². The number of urea groups is 1. The van der Waals surface area contributed by atoms with Crippen LogP contribution in [0.3, 0.4) is 0 Å². The van der Waals surface area contributed by atoms with E-state index in [0.29, 0.717) is 12.1 Å². The minimum atomic E-state index is -0.0295. The largest absolute Gasteiger partial charge is 0.497 e. The average molecular weight is 428 g/mol. The molecule has 30 heavy (non-hydrogen) atoms. The Kier molecular flexibility index (Phi) is 5.94. The number of hydrogen-bond donors (Lipinski definition) is 1.